The highest BCUT2D eigenvalue weighted by Gasteiger charge is 2.16. The van der Waals surface area contributed by atoms with Gasteiger partial charge in [-0.2, -0.15) is 0 Å². The zero-order valence-corrected chi connectivity index (χ0v) is 12.3. The Morgan fingerprint density at radius 3 is 2.56 bits per heavy atom. The van der Waals surface area contributed by atoms with Crippen LogP contribution in [0, 0.1) is 6.92 Å². The summed E-state index contributed by atoms with van der Waals surface area (Å²) in [6.07, 6.45) is 4.70. The molecular formula is C14H19BrN2O. The maximum atomic E-state index is 12.2. The number of likely N-dealkylation sites (tertiary alicyclic amines) is 1. The van der Waals surface area contributed by atoms with Gasteiger partial charge in [-0.05, 0) is 53.4 Å². The van der Waals surface area contributed by atoms with E-state index < -0.39 is 0 Å². The highest BCUT2D eigenvalue weighted by Crippen LogP contribution is 2.24. The minimum absolute atomic E-state index is 0.0169. The summed E-state index contributed by atoms with van der Waals surface area (Å²) in [5.74, 6) is 0. The summed E-state index contributed by atoms with van der Waals surface area (Å²) in [5, 5.41) is 2.99. The number of benzene rings is 1. The number of amides is 2. The summed E-state index contributed by atoms with van der Waals surface area (Å²) in [7, 11) is 0. The van der Waals surface area contributed by atoms with E-state index in [9.17, 15) is 4.79 Å². The van der Waals surface area contributed by atoms with E-state index in [0.717, 1.165) is 41.7 Å². The van der Waals surface area contributed by atoms with Crippen LogP contribution < -0.4 is 5.32 Å². The molecule has 1 N–H and O–H groups in total. The molecule has 1 aromatic carbocycles. The Morgan fingerprint density at radius 1 is 1.22 bits per heavy atom. The zero-order chi connectivity index (χ0) is 13.0. The largest absolute Gasteiger partial charge is 0.325 e. The molecule has 4 heteroatoms. The van der Waals surface area contributed by atoms with Crippen LogP contribution >= 0.6 is 15.9 Å². The Hall–Kier alpha value is -1.03. The number of hydrogen-bond donors (Lipinski definition) is 1. The number of nitrogens with zero attached hydrogens (tertiary/aromatic N) is 1. The number of aryl methyl sites for hydroxylation is 1. The molecule has 0 aliphatic carbocycles. The standard InChI is InChI=1S/C14H19BrN2O/c1-11-6-7-12(15)13(10-11)16-14(18)17-8-4-2-3-5-9-17/h6-7,10H,2-5,8-9H2,1H3,(H,16,18). The number of rotatable bonds is 1. The van der Waals surface area contributed by atoms with Gasteiger partial charge in [-0.1, -0.05) is 18.9 Å². The molecule has 0 spiro atoms. The Kier molecular flexibility index (Phi) is 4.64. The molecule has 1 aliphatic heterocycles. The second kappa shape index (κ2) is 6.23. The van der Waals surface area contributed by atoms with E-state index in [1.165, 1.54) is 12.8 Å². The predicted octanol–water partition coefficient (Wildman–Crippen LogP) is 4.17. The molecule has 1 fully saturated rings. The smallest absolute Gasteiger partial charge is 0.321 e. The highest BCUT2D eigenvalue weighted by molar-refractivity contribution is 9.10. The first-order valence-electron chi connectivity index (χ1n) is 6.49. The normalized spacial score (nSPS) is 16.2. The van der Waals surface area contributed by atoms with Gasteiger partial charge in [-0.15, -0.1) is 0 Å². The second-order valence-corrected chi connectivity index (χ2v) is 5.67. The molecule has 3 nitrogen and oxygen atoms in total. The molecular weight excluding hydrogens is 292 g/mol. The van der Waals surface area contributed by atoms with Crippen molar-refractivity contribution >= 4 is 27.6 Å². The first kappa shape index (κ1) is 13.4. The fourth-order valence-corrected chi connectivity index (χ4v) is 2.55. The van der Waals surface area contributed by atoms with Crippen molar-refractivity contribution in [2.75, 3.05) is 18.4 Å². The second-order valence-electron chi connectivity index (χ2n) is 4.81. The molecule has 2 rings (SSSR count). The van der Waals surface area contributed by atoms with Crippen LogP contribution in [0.1, 0.15) is 31.2 Å². The van der Waals surface area contributed by atoms with Crippen LogP contribution in [0.5, 0.6) is 0 Å². The van der Waals surface area contributed by atoms with Crippen molar-refractivity contribution in [2.45, 2.75) is 32.6 Å². The monoisotopic (exact) mass is 310 g/mol. The lowest BCUT2D eigenvalue weighted by Crippen LogP contribution is -2.35. The number of anilines is 1. The average molecular weight is 311 g/mol. The lowest BCUT2D eigenvalue weighted by atomic mass is 10.2. The van der Waals surface area contributed by atoms with Gasteiger partial charge in [0.2, 0.25) is 0 Å². The number of urea groups is 1. The van der Waals surface area contributed by atoms with Gasteiger partial charge in [0.1, 0.15) is 0 Å². The third kappa shape index (κ3) is 3.48. The van der Waals surface area contributed by atoms with Gasteiger partial charge in [-0.25, -0.2) is 4.79 Å². The van der Waals surface area contributed by atoms with E-state index in [1.807, 2.05) is 30.0 Å². The van der Waals surface area contributed by atoms with Crippen LogP contribution in [-0.4, -0.2) is 24.0 Å². The predicted molar refractivity (Wildman–Crippen MR) is 77.9 cm³/mol. The van der Waals surface area contributed by atoms with E-state index in [2.05, 4.69) is 21.2 Å². The molecule has 2 amide bonds. The van der Waals surface area contributed by atoms with E-state index in [-0.39, 0.29) is 6.03 Å². The highest BCUT2D eigenvalue weighted by atomic mass is 79.9. The topological polar surface area (TPSA) is 32.3 Å². The molecule has 1 aliphatic rings. The molecule has 18 heavy (non-hydrogen) atoms. The van der Waals surface area contributed by atoms with Gasteiger partial charge in [0.25, 0.3) is 0 Å². The maximum Gasteiger partial charge on any atom is 0.321 e. The third-order valence-electron chi connectivity index (χ3n) is 3.26. The van der Waals surface area contributed by atoms with Crippen molar-refractivity contribution < 1.29 is 4.79 Å². The Labute approximate surface area is 117 Å². The van der Waals surface area contributed by atoms with Gasteiger partial charge >= 0.3 is 6.03 Å². The first-order valence-corrected chi connectivity index (χ1v) is 7.28. The maximum absolute atomic E-state index is 12.2. The van der Waals surface area contributed by atoms with Gasteiger partial charge < -0.3 is 10.2 Å². The van der Waals surface area contributed by atoms with Crippen LogP contribution in [0.2, 0.25) is 0 Å². The molecule has 1 saturated heterocycles. The number of hydrogen-bond acceptors (Lipinski definition) is 1. The molecule has 0 aromatic heterocycles. The summed E-state index contributed by atoms with van der Waals surface area (Å²) in [4.78, 5) is 14.1. The van der Waals surface area contributed by atoms with Crippen molar-refractivity contribution in [2.24, 2.45) is 0 Å². The van der Waals surface area contributed by atoms with E-state index in [4.69, 9.17) is 0 Å². The molecule has 1 heterocycles. The van der Waals surface area contributed by atoms with Gasteiger partial charge in [-0.3, -0.25) is 0 Å². The minimum Gasteiger partial charge on any atom is -0.325 e. The number of carbonyl (C=O) groups is 1. The zero-order valence-electron chi connectivity index (χ0n) is 10.7. The van der Waals surface area contributed by atoms with Crippen LogP contribution in [-0.2, 0) is 0 Å². The van der Waals surface area contributed by atoms with E-state index in [1.54, 1.807) is 0 Å². The SMILES string of the molecule is Cc1ccc(Br)c(NC(=O)N2CCCCCC2)c1. The molecule has 0 radical (unpaired) electrons. The van der Waals surface area contributed by atoms with Gasteiger partial charge in [0.05, 0.1) is 5.69 Å². The molecule has 0 unspecified atom stereocenters. The van der Waals surface area contributed by atoms with Crippen molar-refractivity contribution in [1.82, 2.24) is 4.90 Å². The fraction of sp³-hybridized carbons (Fsp3) is 0.500. The molecule has 98 valence electrons. The Balaban J connectivity index is 2.03. The van der Waals surface area contributed by atoms with Crippen LogP contribution in [0.15, 0.2) is 22.7 Å². The Morgan fingerprint density at radius 2 is 1.89 bits per heavy atom. The molecule has 0 bridgehead atoms. The van der Waals surface area contributed by atoms with Crippen LogP contribution in [0.3, 0.4) is 0 Å². The molecule has 0 atom stereocenters. The first-order chi connectivity index (χ1) is 8.66. The number of halogens is 1. The number of carbonyl (C=O) groups excluding carboxylic acids is 1. The summed E-state index contributed by atoms with van der Waals surface area (Å²) >= 11 is 3.47. The lowest BCUT2D eigenvalue weighted by molar-refractivity contribution is 0.214. The van der Waals surface area contributed by atoms with Gasteiger partial charge in [0, 0.05) is 17.6 Å². The van der Waals surface area contributed by atoms with E-state index in [0.29, 0.717) is 0 Å². The van der Waals surface area contributed by atoms with Crippen LogP contribution in [0.25, 0.3) is 0 Å². The van der Waals surface area contributed by atoms with Crippen molar-refractivity contribution in [3.05, 3.63) is 28.2 Å². The van der Waals surface area contributed by atoms with Crippen molar-refractivity contribution in [1.29, 1.82) is 0 Å². The van der Waals surface area contributed by atoms with Crippen LogP contribution in [0.4, 0.5) is 10.5 Å². The summed E-state index contributed by atoms with van der Waals surface area (Å²) in [6.45, 7) is 3.76. The van der Waals surface area contributed by atoms with Crippen molar-refractivity contribution in [3.8, 4) is 0 Å². The van der Waals surface area contributed by atoms with Gasteiger partial charge in [0.15, 0.2) is 0 Å². The molecule has 1 aromatic rings. The third-order valence-corrected chi connectivity index (χ3v) is 3.95. The van der Waals surface area contributed by atoms with Crippen molar-refractivity contribution in [3.63, 3.8) is 0 Å². The quantitative estimate of drug-likeness (QED) is 0.829. The summed E-state index contributed by atoms with van der Waals surface area (Å²) in [5.41, 5.74) is 1.99. The summed E-state index contributed by atoms with van der Waals surface area (Å²) < 4.78 is 0.927. The lowest BCUT2D eigenvalue weighted by Gasteiger charge is -2.21. The Bertz CT molecular complexity index is 426. The minimum atomic E-state index is 0.0169. The summed E-state index contributed by atoms with van der Waals surface area (Å²) in [6, 6.07) is 5.99. The fourth-order valence-electron chi connectivity index (χ4n) is 2.20. The molecule has 0 saturated carbocycles. The average Bonchev–Trinajstić information content (AvgIpc) is 2.62. The van der Waals surface area contributed by atoms with E-state index >= 15 is 0 Å². The number of nitrogens with one attached hydrogen (secondary N) is 1.